The molecule has 1 amide bonds. The highest BCUT2D eigenvalue weighted by Crippen LogP contribution is 2.35. The fraction of sp³-hybridized carbons (Fsp3) is 0.100. The molecule has 132 valence electrons. The number of carbonyl (C=O) groups is 2. The number of carboxylic acid groups (broad SMARTS) is 1. The molecule has 2 N–H and O–H groups in total. The van der Waals surface area contributed by atoms with E-state index in [0.717, 1.165) is 11.1 Å². The molecule has 0 spiro atoms. The Kier molecular flexibility index (Phi) is 5.14. The van der Waals surface area contributed by atoms with Gasteiger partial charge in [-0.3, -0.25) is 4.79 Å². The SMILES string of the molecule is Cc1ccc(-c2csc(NC(=O)Cc3ccc(F)cc3)c2C(=O)O)cc1. The second kappa shape index (κ2) is 7.49. The fourth-order valence-electron chi connectivity index (χ4n) is 2.57. The van der Waals surface area contributed by atoms with Crippen LogP contribution in [-0.2, 0) is 11.2 Å². The van der Waals surface area contributed by atoms with Crippen molar-refractivity contribution in [2.75, 3.05) is 5.32 Å². The molecule has 6 heteroatoms. The van der Waals surface area contributed by atoms with Crippen molar-refractivity contribution in [2.45, 2.75) is 13.3 Å². The first kappa shape index (κ1) is 17.8. The molecule has 0 fully saturated rings. The summed E-state index contributed by atoms with van der Waals surface area (Å²) in [6.45, 7) is 1.95. The van der Waals surface area contributed by atoms with Crippen LogP contribution >= 0.6 is 11.3 Å². The molecule has 0 aliphatic carbocycles. The van der Waals surface area contributed by atoms with E-state index in [1.165, 1.54) is 35.6 Å². The van der Waals surface area contributed by atoms with Gasteiger partial charge in [-0.2, -0.15) is 0 Å². The maximum absolute atomic E-state index is 12.9. The van der Waals surface area contributed by atoms with Crippen molar-refractivity contribution in [3.8, 4) is 11.1 Å². The van der Waals surface area contributed by atoms with Gasteiger partial charge in [-0.25, -0.2) is 9.18 Å². The van der Waals surface area contributed by atoms with Crippen LogP contribution in [-0.4, -0.2) is 17.0 Å². The van der Waals surface area contributed by atoms with E-state index in [2.05, 4.69) is 5.32 Å². The van der Waals surface area contributed by atoms with Crippen LogP contribution in [0.15, 0.2) is 53.9 Å². The zero-order valence-electron chi connectivity index (χ0n) is 14.0. The number of nitrogens with one attached hydrogen (secondary N) is 1. The standard InChI is InChI=1S/C20H16FNO3S/c1-12-2-6-14(7-3-12)16-11-26-19(18(16)20(24)25)22-17(23)10-13-4-8-15(21)9-5-13/h2-9,11H,10H2,1H3,(H,22,23)(H,24,25). The second-order valence-electron chi connectivity index (χ2n) is 5.88. The first-order valence-corrected chi connectivity index (χ1v) is 8.78. The largest absolute Gasteiger partial charge is 0.478 e. The topological polar surface area (TPSA) is 66.4 Å². The summed E-state index contributed by atoms with van der Waals surface area (Å²) in [5.41, 5.74) is 3.15. The maximum atomic E-state index is 12.9. The first-order valence-electron chi connectivity index (χ1n) is 7.90. The van der Waals surface area contributed by atoms with Gasteiger partial charge in [-0.05, 0) is 30.2 Å². The van der Waals surface area contributed by atoms with Gasteiger partial charge < -0.3 is 10.4 Å². The summed E-state index contributed by atoms with van der Waals surface area (Å²) < 4.78 is 12.9. The Morgan fingerprint density at radius 3 is 2.35 bits per heavy atom. The van der Waals surface area contributed by atoms with Gasteiger partial charge in [0.2, 0.25) is 5.91 Å². The number of rotatable bonds is 5. The molecule has 0 aliphatic heterocycles. The lowest BCUT2D eigenvalue weighted by molar-refractivity contribution is -0.115. The molecule has 0 unspecified atom stereocenters. The van der Waals surface area contributed by atoms with Crippen LogP contribution < -0.4 is 5.32 Å². The third kappa shape index (κ3) is 3.97. The minimum atomic E-state index is -1.10. The Morgan fingerprint density at radius 1 is 1.08 bits per heavy atom. The summed E-state index contributed by atoms with van der Waals surface area (Å²) in [7, 11) is 0. The summed E-state index contributed by atoms with van der Waals surface area (Å²) in [6, 6.07) is 13.1. The molecular formula is C20H16FNO3S. The van der Waals surface area contributed by atoms with E-state index in [1.54, 1.807) is 5.38 Å². The van der Waals surface area contributed by atoms with Crippen LogP contribution in [0.25, 0.3) is 11.1 Å². The van der Waals surface area contributed by atoms with Crippen molar-refractivity contribution in [3.05, 3.63) is 76.4 Å². The number of carboxylic acids is 1. The molecule has 0 bridgehead atoms. The van der Waals surface area contributed by atoms with E-state index in [-0.39, 0.29) is 23.7 Å². The molecule has 1 aromatic heterocycles. The summed E-state index contributed by atoms with van der Waals surface area (Å²) >= 11 is 1.17. The predicted octanol–water partition coefficient (Wildman–Crippen LogP) is 4.74. The molecule has 3 aromatic rings. The Morgan fingerprint density at radius 2 is 1.73 bits per heavy atom. The van der Waals surface area contributed by atoms with Crippen molar-refractivity contribution in [1.29, 1.82) is 0 Å². The summed E-state index contributed by atoms with van der Waals surface area (Å²) in [4.78, 5) is 24.0. The number of hydrogen-bond donors (Lipinski definition) is 2. The van der Waals surface area contributed by atoms with E-state index in [4.69, 9.17) is 0 Å². The Balaban J connectivity index is 1.83. The number of hydrogen-bond acceptors (Lipinski definition) is 3. The molecule has 4 nitrogen and oxygen atoms in total. The predicted molar refractivity (Wildman–Crippen MR) is 100 cm³/mol. The van der Waals surface area contributed by atoms with E-state index in [9.17, 15) is 19.1 Å². The van der Waals surface area contributed by atoms with E-state index < -0.39 is 5.97 Å². The van der Waals surface area contributed by atoms with Gasteiger partial charge >= 0.3 is 5.97 Å². The highest BCUT2D eigenvalue weighted by Gasteiger charge is 2.21. The summed E-state index contributed by atoms with van der Waals surface area (Å²) in [6.07, 6.45) is 0.0388. The highest BCUT2D eigenvalue weighted by atomic mass is 32.1. The van der Waals surface area contributed by atoms with Crippen molar-refractivity contribution in [3.63, 3.8) is 0 Å². The van der Waals surface area contributed by atoms with Crippen LogP contribution in [0.3, 0.4) is 0 Å². The maximum Gasteiger partial charge on any atom is 0.339 e. The normalized spacial score (nSPS) is 10.5. The van der Waals surface area contributed by atoms with E-state index in [0.29, 0.717) is 16.1 Å². The van der Waals surface area contributed by atoms with E-state index >= 15 is 0 Å². The number of aryl methyl sites for hydroxylation is 1. The van der Waals surface area contributed by atoms with Crippen molar-refractivity contribution in [2.24, 2.45) is 0 Å². The molecule has 1 heterocycles. The number of thiophene rings is 1. The minimum absolute atomic E-state index is 0.0388. The lowest BCUT2D eigenvalue weighted by Crippen LogP contribution is -2.15. The van der Waals surface area contributed by atoms with Crippen LogP contribution in [0.1, 0.15) is 21.5 Å². The van der Waals surface area contributed by atoms with Crippen molar-refractivity contribution < 1.29 is 19.1 Å². The van der Waals surface area contributed by atoms with Gasteiger partial charge in [0.1, 0.15) is 16.4 Å². The monoisotopic (exact) mass is 369 g/mol. The highest BCUT2D eigenvalue weighted by molar-refractivity contribution is 7.15. The fourth-order valence-corrected chi connectivity index (χ4v) is 3.54. The van der Waals surface area contributed by atoms with Crippen molar-refractivity contribution in [1.82, 2.24) is 0 Å². The van der Waals surface area contributed by atoms with Crippen LogP contribution in [0.4, 0.5) is 9.39 Å². The van der Waals surface area contributed by atoms with Crippen LogP contribution in [0.2, 0.25) is 0 Å². The third-order valence-electron chi connectivity index (χ3n) is 3.90. The number of benzene rings is 2. The zero-order valence-corrected chi connectivity index (χ0v) is 14.8. The molecule has 0 atom stereocenters. The lowest BCUT2D eigenvalue weighted by Gasteiger charge is -2.06. The molecule has 2 aromatic carbocycles. The van der Waals surface area contributed by atoms with Gasteiger partial charge in [0.15, 0.2) is 0 Å². The average Bonchev–Trinajstić information content (AvgIpc) is 3.01. The average molecular weight is 369 g/mol. The van der Waals surface area contributed by atoms with Crippen LogP contribution in [0, 0.1) is 12.7 Å². The van der Waals surface area contributed by atoms with Gasteiger partial charge in [0.05, 0.1) is 6.42 Å². The smallest absolute Gasteiger partial charge is 0.339 e. The van der Waals surface area contributed by atoms with E-state index in [1.807, 2.05) is 31.2 Å². The molecular weight excluding hydrogens is 353 g/mol. The van der Waals surface area contributed by atoms with Crippen molar-refractivity contribution >= 4 is 28.2 Å². The first-order chi connectivity index (χ1) is 12.4. The quantitative estimate of drug-likeness (QED) is 0.682. The van der Waals surface area contributed by atoms with Gasteiger partial charge in [-0.1, -0.05) is 42.0 Å². The number of anilines is 1. The second-order valence-corrected chi connectivity index (χ2v) is 6.76. The molecule has 3 rings (SSSR count). The summed E-state index contributed by atoms with van der Waals surface area (Å²) in [5, 5.41) is 14.3. The minimum Gasteiger partial charge on any atom is -0.478 e. The zero-order chi connectivity index (χ0) is 18.7. The molecule has 0 radical (unpaired) electrons. The number of halogens is 1. The van der Waals surface area contributed by atoms with Gasteiger partial charge in [-0.15, -0.1) is 11.3 Å². The lowest BCUT2D eigenvalue weighted by atomic mass is 10.0. The summed E-state index contributed by atoms with van der Waals surface area (Å²) in [5.74, 6) is -1.82. The van der Waals surface area contributed by atoms with Crippen LogP contribution in [0.5, 0.6) is 0 Å². The molecule has 26 heavy (non-hydrogen) atoms. The molecule has 0 saturated heterocycles. The van der Waals surface area contributed by atoms with Gasteiger partial charge in [0.25, 0.3) is 0 Å². The molecule has 0 saturated carbocycles. The number of amides is 1. The van der Waals surface area contributed by atoms with Gasteiger partial charge in [0, 0.05) is 10.9 Å². The number of aromatic carboxylic acids is 1. The Labute approximate surface area is 153 Å². The third-order valence-corrected chi connectivity index (χ3v) is 4.79. The Bertz CT molecular complexity index is 946. The molecule has 0 aliphatic rings. The number of carbonyl (C=O) groups excluding carboxylic acids is 1. The Hall–Kier alpha value is -2.99.